The van der Waals surface area contributed by atoms with E-state index < -0.39 is 0 Å². The van der Waals surface area contributed by atoms with Crippen LogP contribution in [0.25, 0.3) is 11.1 Å². The summed E-state index contributed by atoms with van der Waals surface area (Å²) in [6.07, 6.45) is 0. The zero-order valence-electron chi connectivity index (χ0n) is 36.4. The second-order valence-corrected chi connectivity index (χ2v) is 17.2. The van der Waals surface area contributed by atoms with Crippen LogP contribution < -0.4 is 40.9 Å². The number of benzene rings is 9. The van der Waals surface area contributed by atoms with Crippen LogP contribution in [-0.2, 0) is 0 Å². The van der Waals surface area contributed by atoms with Crippen molar-refractivity contribution in [2.24, 2.45) is 0 Å². The fourth-order valence-corrected chi connectivity index (χ4v) is 10.7. The number of para-hydroxylation sites is 10. The van der Waals surface area contributed by atoms with E-state index in [0.29, 0.717) is 0 Å². The maximum atomic E-state index is 2.45. The average Bonchev–Trinajstić information content (AvgIpc) is 3.34. The molecule has 0 saturated carbocycles. The first-order chi connectivity index (χ1) is 31.4. The van der Waals surface area contributed by atoms with Crippen LogP contribution >= 0.6 is 0 Å². The molecular formula is C58H46BN5. The Morgan fingerprint density at radius 3 is 0.938 bits per heavy atom. The fourth-order valence-electron chi connectivity index (χ4n) is 10.7. The van der Waals surface area contributed by atoms with Gasteiger partial charge in [0.1, 0.15) is 0 Å². The van der Waals surface area contributed by atoms with Crippen molar-refractivity contribution >= 4 is 97.0 Å². The van der Waals surface area contributed by atoms with E-state index in [-0.39, 0.29) is 6.71 Å². The fraction of sp³-hybridized carbons (Fsp3) is 0.0690. The normalized spacial score (nSPS) is 13.4. The van der Waals surface area contributed by atoms with Gasteiger partial charge >= 0.3 is 0 Å². The number of hydrogen-bond acceptors (Lipinski definition) is 5. The van der Waals surface area contributed by atoms with E-state index in [0.717, 1.165) is 11.4 Å². The third kappa shape index (κ3) is 5.79. The van der Waals surface area contributed by atoms with E-state index in [4.69, 9.17) is 0 Å². The molecule has 6 heteroatoms. The van der Waals surface area contributed by atoms with Crippen LogP contribution in [0.3, 0.4) is 0 Å². The molecule has 0 bridgehead atoms. The predicted molar refractivity (Wildman–Crippen MR) is 273 cm³/mol. The molecule has 3 heterocycles. The molecule has 0 spiro atoms. The Labute approximate surface area is 376 Å². The highest BCUT2D eigenvalue weighted by atomic mass is 15.3. The third-order valence-electron chi connectivity index (χ3n) is 13.6. The van der Waals surface area contributed by atoms with E-state index in [9.17, 15) is 0 Å². The zero-order valence-corrected chi connectivity index (χ0v) is 36.4. The van der Waals surface area contributed by atoms with Crippen molar-refractivity contribution in [2.45, 2.75) is 13.8 Å². The minimum atomic E-state index is 0.0711. The van der Waals surface area contributed by atoms with Gasteiger partial charge in [-0.1, -0.05) is 126 Å². The second kappa shape index (κ2) is 14.9. The Balaban J connectivity index is 0.889. The first kappa shape index (κ1) is 37.8. The molecule has 0 aliphatic carbocycles. The summed E-state index contributed by atoms with van der Waals surface area (Å²) in [5.74, 6) is 0. The predicted octanol–water partition coefficient (Wildman–Crippen LogP) is 13.4. The van der Waals surface area contributed by atoms with E-state index in [2.05, 4.69) is 259 Å². The standard InChI is InChI=1S/C58H46BN5/c1-39-37-45(64-56-27-15-11-23-52(56)61(4)53-24-12-16-28-57(53)64)38-40(2)58(39)59-46-17-5-7-19-48(46)62(49-20-8-6-18-47(49)59)43-33-29-41(30-34-43)42-31-35-44(36-32-42)63-54-25-13-9-21-50(54)60(3)51-22-10-14-26-55(51)63/h5-38H,1-4H3. The Bertz CT molecular complexity index is 3100. The number of anilines is 13. The Kier molecular flexibility index (Phi) is 8.77. The molecule has 0 N–H and O–H groups in total. The molecule has 0 aromatic heterocycles. The topological polar surface area (TPSA) is 16.2 Å². The maximum Gasteiger partial charge on any atom is 0.247 e. The van der Waals surface area contributed by atoms with Crippen molar-refractivity contribution < 1.29 is 0 Å². The first-order valence-electron chi connectivity index (χ1n) is 22.2. The molecule has 0 atom stereocenters. The average molecular weight is 824 g/mol. The monoisotopic (exact) mass is 823 g/mol. The van der Waals surface area contributed by atoms with Crippen molar-refractivity contribution in [3.63, 3.8) is 0 Å². The lowest BCUT2D eigenvalue weighted by Crippen LogP contribution is -2.58. The van der Waals surface area contributed by atoms with Gasteiger partial charge in [0.2, 0.25) is 6.71 Å². The SMILES string of the molecule is Cc1cc(N2c3ccccc3N(C)c3ccccc32)cc(C)c1B1c2ccccc2N(c2ccc(-c3ccc(N4c5ccccc5N(C)c5ccccc54)cc3)cc2)c2ccccc21. The van der Waals surface area contributed by atoms with Crippen molar-refractivity contribution in [3.05, 3.63) is 217 Å². The van der Waals surface area contributed by atoms with Crippen LogP contribution in [0.4, 0.5) is 73.9 Å². The number of rotatable bonds is 5. The molecule has 64 heavy (non-hydrogen) atoms. The molecule has 9 aromatic carbocycles. The molecule has 0 unspecified atom stereocenters. The molecule has 0 saturated heterocycles. The molecule has 306 valence electrons. The van der Waals surface area contributed by atoms with Crippen LogP contribution in [0.2, 0.25) is 0 Å². The molecule has 9 aromatic rings. The van der Waals surface area contributed by atoms with Gasteiger partial charge < -0.3 is 24.5 Å². The molecule has 0 fully saturated rings. The van der Waals surface area contributed by atoms with E-state index >= 15 is 0 Å². The molecule has 0 amide bonds. The number of nitrogens with zero attached hydrogens (tertiary/aromatic N) is 5. The highest BCUT2D eigenvalue weighted by molar-refractivity contribution is 6.98. The minimum Gasteiger partial charge on any atom is -0.341 e. The quantitative estimate of drug-likeness (QED) is 0.160. The summed E-state index contributed by atoms with van der Waals surface area (Å²) in [6, 6.07) is 75.6. The van der Waals surface area contributed by atoms with Gasteiger partial charge in [0.25, 0.3) is 0 Å². The molecular weight excluding hydrogens is 777 g/mol. The minimum absolute atomic E-state index is 0.0711. The second-order valence-electron chi connectivity index (χ2n) is 17.2. The summed E-state index contributed by atoms with van der Waals surface area (Å²) in [5, 5.41) is 0. The number of fused-ring (bicyclic) bond motifs is 6. The van der Waals surface area contributed by atoms with E-state index in [1.54, 1.807) is 0 Å². The van der Waals surface area contributed by atoms with Gasteiger partial charge in [0, 0.05) is 42.5 Å². The van der Waals surface area contributed by atoms with Gasteiger partial charge in [0.15, 0.2) is 0 Å². The summed E-state index contributed by atoms with van der Waals surface area (Å²) in [7, 11) is 4.31. The number of hydrogen-bond donors (Lipinski definition) is 0. The van der Waals surface area contributed by atoms with Crippen LogP contribution in [-0.4, -0.2) is 20.8 Å². The van der Waals surface area contributed by atoms with Gasteiger partial charge in [0.05, 0.1) is 45.5 Å². The van der Waals surface area contributed by atoms with Crippen LogP contribution in [0.5, 0.6) is 0 Å². The highest BCUT2D eigenvalue weighted by Gasteiger charge is 2.37. The van der Waals surface area contributed by atoms with Crippen molar-refractivity contribution in [1.29, 1.82) is 0 Å². The van der Waals surface area contributed by atoms with E-state index in [1.165, 1.54) is 101 Å². The van der Waals surface area contributed by atoms with Crippen molar-refractivity contribution in [1.82, 2.24) is 0 Å². The smallest absolute Gasteiger partial charge is 0.247 e. The lowest BCUT2D eigenvalue weighted by Gasteiger charge is -2.39. The van der Waals surface area contributed by atoms with Crippen LogP contribution in [0.1, 0.15) is 11.1 Å². The first-order valence-corrected chi connectivity index (χ1v) is 22.2. The summed E-state index contributed by atoms with van der Waals surface area (Å²) in [4.78, 5) is 11.8. The maximum absolute atomic E-state index is 2.45. The molecule has 5 nitrogen and oxygen atoms in total. The molecule has 3 aliphatic heterocycles. The van der Waals surface area contributed by atoms with Gasteiger partial charge in [-0.15, -0.1) is 0 Å². The Morgan fingerprint density at radius 2 is 0.578 bits per heavy atom. The van der Waals surface area contributed by atoms with Crippen molar-refractivity contribution in [3.8, 4) is 11.1 Å². The molecule has 0 radical (unpaired) electrons. The zero-order chi connectivity index (χ0) is 43.1. The van der Waals surface area contributed by atoms with Gasteiger partial charge in [-0.3, -0.25) is 0 Å². The number of aryl methyl sites for hydroxylation is 2. The summed E-state index contributed by atoms with van der Waals surface area (Å²) < 4.78 is 0. The van der Waals surface area contributed by atoms with Crippen molar-refractivity contribution in [2.75, 3.05) is 38.6 Å². The Morgan fingerprint density at radius 1 is 0.297 bits per heavy atom. The van der Waals surface area contributed by atoms with Crippen LogP contribution in [0.15, 0.2) is 206 Å². The third-order valence-corrected chi connectivity index (χ3v) is 13.6. The summed E-state index contributed by atoms with van der Waals surface area (Å²) in [5.41, 5.74) is 24.3. The largest absolute Gasteiger partial charge is 0.341 e. The highest BCUT2D eigenvalue weighted by Crippen LogP contribution is 2.52. The molecule has 12 rings (SSSR count). The van der Waals surface area contributed by atoms with Gasteiger partial charge in [-0.05, 0) is 133 Å². The summed E-state index contributed by atoms with van der Waals surface area (Å²) in [6.45, 7) is 4.67. The Hall–Kier alpha value is -7.96. The lowest BCUT2D eigenvalue weighted by atomic mass is 9.34. The van der Waals surface area contributed by atoms with E-state index in [1.807, 2.05) is 0 Å². The van der Waals surface area contributed by atoms with Gasteiger partial charge in [-0.2, -0.15) is 0 Å². The summed E-state index contributed by atoms with van der Waals surface area (Å²) >= 11 is 0. The van der Waals surface area contributed by atoms with Gasteiger partial charge in [-0.25, -0.2) is 0 Å². The van der Waals surface area contributed by atoms with Crippen LogP contribution in [0, 0.1) is 13.8 Å². The molecule has 3 aliphatic rings. The lowest BCUT2D eigenvalue weighted by molar-refractivity contribution is 1.12.